The number of hydrogen-bond donors (Lipinski definition) is 0. The smallest absolute Gasteiger partial charge is 0.399 e. The van der Waals surface area contributed by atoms with E-state index in [9.17, 15) is 4.39 Å². The van der Waals surface area contributed by atoms with E-state index in [1.165, 1.54) is 12.3 Å². The van der Waals surface area contributed by atoms with Gasteiger partial charge < -0.3 is 9.31 Å². The molecule has 0 amide bonds. The zero-order chi connectivity index (χ0) is 13.6. The topological polar surface area (TPSA) is 55.1 Å². The van der Waals surface area contributed by atoms with Crippen molar-refractivity contribution in [3.05, 3.63) is 23.8 Å². The lowest BCUT2D eigenvalue weighted by atomic mass is 9.77. The van der Waals surface area contributed by atoms with Crippen LogP contribution >= 0.6 is 0 Å². The molecule has 1 aromatic heterocycles. The van der Waals surface area contributed by atoms with Crippen LogP contribution in [0.2, 0.25) is 0 Å². The summed E-state index contributed by atoms with van der Waals surface area (Å²) in [5.41, 5.74) is -0.904. The fraction of sp³-hybridized carbons (Fsp3) is 0.500. The molecule has 0 aromatic carbocycles. The fourth-order valence-corrected chi connectivity index (χ4v) is 1.73. The Bertz CT molecular complexity index is 509. The van der Waals surface area contributed by atoms with E-state index < -0.39 is 24.3 Å². The molecule has 4 nitrogen and oxygen atoms in total. The van der Waals surface area contributed by atoms with Crippen molar-refractivity contribution in [1.29, 1.82) is 5.26 Å². The van der Waals surface area contributed by atoms with Crippen LogP contribution in [-0.4, -0.2) is 23.3 Å². The molecule has 94 valence electrons. The molecule has 2 heterocycles. The van der Waals surface area contributed by atoms with Crippen molar-refractivity contribution in [2.24, 2.45) is 0 Å². The van der Waals surface area contributed by atoms with E-state index in [2.05, 4.69) is 4.98 Å². The number of halogens is 1. The monoisotopic (exact) mass is 248 g/mol. The zero-order valence-corrected chi connectivity index (χ0v) is 10.8. The highest BCUT2D eigenvalue weighted by Gasteiger charge is 2.53. The molecule has 0 atom stereocenters. The van der Waals surface area contributed by atoms with Crippen LogP contribution in [0.4, 0.5) is 4.39 Å². The van der Waals surface area contributed by atoms with Gasteiger partial charge in [0.1, 0.15) is 0 Å². The van der Waals surface area contributed by atoms with Gasteiger partial charge in [0.2, 0.25) is 5.95 Å². The molecule has 0 radical (unpaired) electrons. The summed E-state index contributed by atoms with van der Waals surface area (Å²) < 4.78 is 25.2. The Kier molecular flexibility index (Phi) is 2.92. The molecule has 0 spiro atoms. The van der Waals surface area contributed by atoms with Crippen molar-refractivity contribution >= 4 is 12.6 Å². The van der Waals surface area contributed by atoms with Gasteiger partial charge in [-0.15, -0.1) is 0 Å². The Hall–Kier alpha value is -1.45. The average Bonchev–Trinajstić information content (AvgIpc) is 2.47. The lowest BCUT2D eigenvalue weighted by Crippen LogP contribution is -2.41. The number of pyridine rings is 1. The van der Waals surface area contributed by atoms with Gasteiger partial charge in [-0.1, -0.05) is 0 Å². The highest BCUT2D eigenvalue weighted by molar-refractivity contribution is 6.62. The molecule has 1 aliphatic rings. The maximum Gasteiger partial charge on any atom is 0.500 e. The number of aromatic nitrogens is 1. The molecule has 6 heteroatoms. The maximum atomic E-state index is 13.8. The van der Waals surface area contributed by atoms with E-state index in [0.29, 0.717) is 0 Å². The third-order valence-electron chi connectivity index (χ3n) is 3.55. The minimum absolute atomic E-state index is 0.0682. The van der Waals surface area contributed by atoms with Crippen molar-refractivity contribution < 1.29 is 13.7 Å². The molecule has 1 aromatic rings. The molecular formula is C12H14BFN2O2. The molecule has 2 rings (SSSR count). The van der Waals surface area contributed by atoms with Crippen LogP contribution in [0.25, 0.3) is 0 Å². The normalized spacial score (nSPS) is 20.8. The summed E-state index contributed by atoms with van der Waals surface area (Å²) in [6.45, 7) is 7.47. The van der Waals surface area contributed by atoms with Gasteiger partial charge in [-0.25, -0.2) is 4.98 Å². The van der Waals surface area contributed by atoms with Crippen LogP contribution in [0.15, 0.2) is 12.3 Å². The van der Waals surface area contributed by atoms with Crippen molar-refractivity contribution in [3.63, 3.8) is 0 Å². The lowest BCUT2D eigenvalue weighted by Gasteiger charge is -2.32. The van der Waals surface area contributed by atoms with Crippen molar-refractivity contribution in [2.45, 2.75) is 38.9 Å². The number of hydrogen-bond acceptors (Lipinski definition) is 4. The van der Waals surface area contributed by atoms with E-state index in [1.54, 1.807) is 0 Å². The molecule has 18 heavy (non-hydrogen) atoms. The lowest BCUT2D eigenvalue weighted by molar-refractivity contribution is 0.00578. The second-order valence-electron chi connectivity index (χ2n) is 5.26. The number of nitrogens with zero attached hydrogens (tertiary/aromatic N) is 2. The van der Waals surface area contributed by atoms with E-state index in [4.69, 9.17) is 14.6 Å². The van der Waals surface area contributed by atoms with E-state index >= 15 is 0 Å². The van der Waals surface area contributed by atoms with Gasteiger partial charge in [0.05, 0.1) is 28.3 Å². The number of nitriles is 1. The number of rotatable bonds is 1. The first-order chi connectivity index (χ1) is 8.28. The molecule has 0 aliphatic carbocycles. The van der Waals surface area contributed by atoms with Gasteiger partial charge in [0.15, 0.2) is 0 Å². The Morgan fingerprint density at radius 3 is 2.33 bits per heavy atom. The van der Waals surface area contributed by atoms with Crippen LogP contribution in [0.1, 0.15) is 33.3 Å². The highest BCUT2D eigenvalue weighted by Crippen LogP contribution is 2.36. The Labute approximate surface area is 106 Å². The predicted molar refractivity (Wildman–Crippen MR) is 64.6 cm³/mol. The highest BCUT2D eigenvalue weighted by atomic mass is 19.1. The molecule has 1 fully saturated rings. The zero-order valence-electron chi connectivity index (χ0n) is 10.8. The summed E-state index contributed by atoms with van der Waals surface area (Å²) in [5.74, 6) is -0.729. The summed E-state index contributed by atoms with van der Waals surface area (Å²) in [7, 11) is -0.904. The fourth-order valence-electron chi connectivity index (χ4n) is 1.73. The summed E-state index contributed by atoms with van der Waals surface area (Å²) in [4.78, 5) is 3.55. The Morgan fingerprint density at radius 2 is 1.83 bits per heavy atom. The van der Waals surface area contributed by atoms with Gasteiger partial charge >= 0.3 is 7.12 Å². The third-order valence-corrected chi connectivity index (χ3v) is 3.55. The van der Waals surface area contributed by atoms with Crippen LogP contribution < -0.4 is 5.46 Å². The largest absolute Gasteiger partial charge is 0.500 e. The van der Waals surface area contributed by atoms with Gasteiger partial charge in [-0.05, 0) is 33.8 Å². The van der Waals surface area contributed by atoms with Gasteiger partial charge in [-0.3, -0.25) is 0 Å². The summed E-state index contributed by atoms with van der Waals surface area (Å²) >= 11 is 0. The molecule has 1 aliphatic heterocycles. The first kappa shape index (κ1) is 13.0. The van der Waals surface area contributed by atoms with Crippen LogP contribution in [0.3, 0.4) is 0 Å². The van der Waals surface area contributed by atoms with Gasteiger partial charge in [0.25, 0.3) is 0 Å². The SMILES string of the molecule is CC1(C)OB(c2c(C#N)ccnc2F)OC1(C)C. The minimum Gasteiger partial charge on any atom is -0.399 e. The van der Waals surface area contributed by atoms with Crippen molar-refractivity contribution in [3.8, 4) is 6.07 Å². The van der Waals surface area contributed by atoms with E-state index in [1.807, 2.05) is 33.8 Å². The standard InChI is InChI=1S/C12H14BFN2O2/c1-11(2)12(3,4)18-13(17-11)9-8(7-15)5-6-16-10(9)14/h5-6H,1-4H3. The first-order valence-corrected chi connectivity index (χ1v) is 5.68. The molecule has 0 bridgehead atoms. The second-order valence-corrected chi connectivity index (χ2v) is 5.26. The van der Waals surface area contributed by atoms with Crippen molar-refractivity contribution in [2.75, 3.05) is 0 Å². The average molecular weight is 248 g/mol. The summed E-state index contributed by atoms with van der Waals surface area (Å²) in [5, 5.41) is 9.01. The first-order valence-electron chi connectivity index (χ1n) is 5.68. The minimum atomic E-state index is -0.904. The van der Waals surface area contributed by atoms with Crippen LogP contribution in [0, 0.1) is 17.3 Å². The molecule has 0 unspecified atom stereocenters. The van der Waals surface area contributed by atoms with Gasteiger partial charge in [0, 0.05) is 6.20 Å². The van der Waals surface area contributed by atoms with Gasteiger partial charge in [-0.2, -0.15) is 9.65 Å². The Balaban J connectivity index is 2.45. The van der Waals surface area contributed by atoms with Crippen LogP contribution in [0.5, 0.6) is 0 Å². The summed E-state index contributed by atoms with van der Waals surface area (Å²) in [6, 6.07) is 3.38. The Morgan fingerprint density at radius 1 is 1.28 bits per heavy atom. The second kappa shape index (κ2) is 4.04. The molecule has 0 N–H and O–H groups in total. The van der Waals surface area contributed by atoms with E-state index in [0.717, 1.165) is 0 Å². The third kappa shape index (κ3) is 1.90. The summed E-state index contributed by atoms with van der Waals surface area (Å²) in [6.07, 6.45) is 1.25. The molecule has 1 saturated heterocycles. The molecular weight excluding hydrogens is 234 g/mol. The molecule has 0 saturated carbocycles. The predicted octanol–water partition coefficient (Wildman–Crippen LogP) is 1.39. The maximum absolute atomic E-state index is 13.8. The van der Waals surface area contributed by atoms with Crippen molar-refractivity contribution in [1.82, 2.24) is 4.98 Å². The van der Waals surface area contributed by atoms with Crippen LogP contribution in [-0.2, 0) is 9.31 Å². The van der Waals surface area contributed by atoms with E-state index in [-0.39, 0.29) is 11.0 Å². The quantitative estimate of drug-likeness (QED) is 0.556.